The van der Waals surface area contributed by atoms with Crippen molar-refractivity contribution in [3.05, 3.63) is 95.3 Å². The quantitative estimate of drug-likeness (QED) is 0.294. The average Bonchev–Trinajstić information content (AvgIpc) is 3.35. The van der Waals surface area contributed by atoms with Crippen LogP contribution in [0.15, 0.2) is 93.6 Å². The van der Waals surface area contributed by atoms with Crippen LogP contribution in [0, 0.1) is 0 Å². The van der Waals surface area contributed by atoms with E-state index in [-0.39, 0.29) is 18.0 Å². The van der Waals surface area contributed by atoms with Crippen LogP contribution in [0.2, 0.25) is 0 Å². The van der Waals surface area contributed by atoms with E-state index in [1.807, 2.05) is 42.5 Å². The third kappa shape index (κ3) is 4.25. The maximum absolute atomic E-state index is 13.2. The number of pyridine rings is 1. The third-order valence-corrected chi connectivity index (χ3v) is 6.37. The average molecular weight is 457 g/mol. The first-order valence-corrected chi connectivity index (χ1v) is 11.3. The summed E-state index contributed by atoms with van der Waals surface area (Å²) in [5, 5.41) is 4.32. The molecule has 5 rings (SSSR count). The van der Waals surface area contributed by atoms with Crippen molar-refractivity contribution in [1.29, 1.82) is 0 Å². The van der Waals surface area contributed by atoms with Crippen molar-refractivity contribution < 1.29 is 9.21 Å². The van der Waals surface area contributed by atoms with E-state index in [0.717, 1.165) is 10.9 Å². The second-order valence-corrected chi connectivity index (χ2v) is 8.82. The van der Waals surface area contributed by atoms with Crippen LogP contribution in [0.25, 0.3) is 21.8 Å². The summed E-state index contributed by atoms with van der Waals surface area (Å²) in [5.41, 5.74) is 1.91. The Morgan fingerprint density at radius 2 is 1.85 bits per heavy atom. The molecule has 3 aromatic heterocycles. The Labute approximate surface area is 193 Å². The van der Waals surface area contributed by atoms with Gasteiger partial charge in [0.25, 0.3) is 5.56 Å². The van der Waals surface area contributed by atoms with Gasteiger partial charge in [-0.15, -0.1) is 0 Å². The number of benzene rings is 2. The van der Waals surface area contributed by atoms with Crippen LogP contribution in [-0.2, 0) is 11.3 Å². The van der Waals surface area contributed by atoms with E-state index in [4.69, 9.17) is 9.40 Å². The second kappa shape index (κ2) is 8.91. The zero-order valence-electron chi connectivity index (χ0n) is 17.8. The maximum atomic E-state index is 13.2. The first kappa shape index (κ1) is 21.0. The summed E-state index contributed by atoms with van der Waals surface area (Å²) in [6.45, 7) is 2.03. The monoisotopic (exact) mass is 456 g/mol. The molecular weight excluding hydrogens is 436 g/mol. The van der Waals surface area contributed by atoms with Crippen molar-refractivity contribution in [1.82, 2.24) is 14.5 Å². The van der Waals surface area contributed by atoms with E-state index < -0.39 is 5.25 Å². The molecule has 0 saturated carbocycles. The van der Waals surface area contributed by atoms with Crippen LogP contribution in [0.4, 0.5) is 5.69 Å². The van der Waals surface area contributed by atoms with Crippen LogP contribution in [-0.4, -0.2) is 25.7 Å². The third-order valence-electron chi connectivity index (χ3n) is 5.28. The van der Waals surface area contributed by atoms with Crippen molar-refractivity contribution >= 4 is 45.2 Å². The molecule has 0 radical (unpaired) electrons. The number of furan rings is 1. The van der Waals surface area contributed by atoms with E-state index in [0.29, 0.717) is 27.5 Å². The fourth-order valence-electron chi connectivity index (χ4n) is 3.59. The zero-order valence-corrected chi connectivity index (χ0v) is 18.6. The molecule has 2 aromatic carbocycles. The molecule has 5 aromatic rings. The van der Waals surface area contributed by atoms with E-state index >= 15 is 0 Å². The number of aromatic nitrogens is 3. The Balaban J connectivity index is 1.46. The molecular formula is C25H20N4O3S. The highest BCUT2D eigenvalue weighted by atomic mass is 32.2. The summed E-state index contributed by atoms with van der Waals surface area (Å²) in [7, 11) is 0. The minimum Gasteiger partial charge on any atom is -0.467 e. The number of fused-ring (bicyclic) bond motifs is 2. The van der Waals surface area contributed by atoms with Gasteiger partial charge in [-0.25, -0.2) is 4.98 Å². The summed E-state index contributed by atoms with van der Waals surface area (Å²) in [4.78, 5) is 35.3. The number of hydrogen-bond acceptors (Lipinski definition) is 6. The lowest BCUT2D eigenvalue weighted by Gasteiger charge is -2.16. The number of nitrogens with zero attached hydrogens (tertiary/aromatic N) is 3. The van der Waals surface area contributed by atoms with E-state index in [2.05, 4.69) is 10.3 Å². The van der Waals surface area contributed by atoms with Gasteiger partial charge in [0.15, 0.2) is 5.16 Å². The highest BCUT2D eigenvalue weighted by Crippen LogP contribution is 2.26. The molecule has 1 amide bonds. The van der Waals surface area contributed by atoms with Crippen LogP contribution in [0.3, 0.4) is 0 Å². The minimum atomic E-state index is -0.507. The molecule has 33 heavy (non-hydrogen) atoms. The van der Waals surface area contributed by atoms with Gasteiger partial charge in [0, 0.05) is 11.6 Å². The van der Waals surface area contributed by atoms with Crippen LogP contribution in [0.1, 0.15) is 12.7 Å². The van der Waals surface area contributed by atoms with Gasteiger partial charge in [-0.1, -0.05) is 30.0 Å². The fraction of sp³-hybridized carbons (Fsp3) is 0.120. The standard InChI is InChI=1S/C25H20N4O3S/c1-16(23(30)27-21-12-4-11-20-18(21)9-5-13-26-20)33-25-28-22-10-3-2-8-19(22)24(31)29(25)15-17-7-6-14-32-17/h2-14,16H,15H2,1H3,(H,27,30). The molecule has 0 aliphatic carbocycles. The number of para-hydroxylation sites is 1. The van der Waals surface area contributed by atoms with Crippen LogP contribution < -0.4 is 10.9 Å². The first-order valence-electron chi connectivity index (χ1n) is 10.4. The fourth-order valence-corrected chi connectivity index (χ4v) is 4.50. The number of carbonyl (C=O) groups is 1. The second-order valence-electron chi connectivity index (χ2n) is 7.51. The molecule has 0 bridgehead atoms. The Kier molecular flexibility index (Phi) is 5.66. The molecule has 1 N–H and O–H groups in total. The SMILES string of the molecule is CC(Sc1nc2ccccc2c(=O)n1Cc1ccco1)C(=O)Nc1cccc2ncccc12. The molecule has 1 atom stereocenters. The predicted octanol–water partition coefficient (Wildman–Crippen LogP) is 4.71. The molecule has 7 nitrogen and oxygen atoms in total. The molecule has 0 spiro atoms. The smallest absolute Gasteiger partial charge is 0.262 e. The Morgan fingerprint density at radius 3 is 2.70 bits per heavy atom. The molecule has 0 saturated heterocycles. The van der Waals surface area contributed by atoms with Crippen molar-refractivity contribution in [2.75, 3.05) is 5.32 Å². The Bertz CT molecular complexity index is 1510. The van der Waals surface area contributed by atoms with Gasteiger partial charge < -0.3 is 9.73 Å². The van der Waals surface area contributed by atoms with E-state index in [9.17, 15) is 9.59 Å². The van der Waals surface area contributed by atoms with Crippen LogP contribution in [0.5, 0.6) is 0 Å². The van der Waals surface area contributed by atoms with Gasteiger partial charge in [0.1, 0.15) is 5.76 Å². The molecule has 0 aliphatic heterocycles. The van der Waals surface area contributed by atoms with Crippen LogP contribution >= 0.6 is 11.8 Å². The number of rotatable bonds is 6. The predicted molar refractivity (Wildman–Crippen MR) is 130 cm³/mol. The van der Waals surface area contributed by atoms with Crippen molar-refractivity contribution in [2.24, 2.45) is 0 Å². The lowest BCUT2D eigenvalue weighted by atomic mass is 10.2. The van der Waals surface area contributed by atoms with Gasteiger partial charge in [0.2, 0.25) is 5.91 Å². The largest absolute Gasteiger partial charge is 0.467 e. The van der Waals surface area contributed by atoms with Crippen molar-refractivity contribution in [3.63, 3.8) is 0 Å². The maximum Gasteiger partial charge on any atom is 0.262 e. The summed E-state index contributed by atoms with van der Waals surface area (Å²) < 4.78 is 7.00. The normalized spacial score (nSPS) is 12.2. The molecule has 164 valence electrons. The number of anilines is 1. The van der Waals surface area contributed by atoms with Gasteiger partial charge >= 0.3 is 0 Å². The van der Waals surface area contributed by atoms with E-state index in [1.165, 1.54) is 11.8 Å². The molecule has 0 fully saturated rings. The zero-order chi connectivity index (χ0) is 22.8. The summed E-state index contributed by atoms with van der Waals surface area (Å²) in [6.07, 6.45) is 3.28. The number of hydrogen-bond donors (Lipinski definition) is 1. The van der Waals surface area contributed by atoms with E-state index in [1.54, 1.807) is 48.2 Å². The summed E-state index contributed by atoms with van der Waals surface area (Å²) in [5.74, 6) is 0.444. The highest BCUT2D eigenvalue weighted by molar-refractivity contribution is 8.00. The first-order chi connectivity index (χ1) is 16.1. The van der Waals surface area contributed by atoms with Gasteiger partial charge in [0.05, 0.1) is 40.2 Å². The van der Waals surface area contributed by atoms with Gasteiger partial charge in [-0.2, -0.15) is 0 Å². The Hall–Kier alpha value is -3.91. The van der Waals surface area contributed by atoms with Gasteiger partial charge in [-0.05, 0) is 55.5 Å². The summed E-state index contributed by atoms with van der Waals surface area (Å²) >= 11 is 1.24. The number of amides is 1. The highest BCUT2D eigenvalue weighted by Gasteiger charge is 2.21. The molecule has 0 aliphatic rings. The van der Waals surface area contributed by atoms with Crippen molar-refractivity contribution in [3.8, 4) is 0 Å². The lowest BCUT2D eigenvalue weighted by molar-refractivity contribution is -0.115. The molecule has 1 unspecified atom stereocenters. The minimum absolute atomic E-state index is 0.174. The summed E-state index contributed by atoms with van der Waals surface area (Å²) in [6, 6.07) is 20.1. The molecule has 8 heteroatoms. The number of nitrogens with one attached hydrogen (secondary N) is 1. The van der Waals surface area contributed by atoms with Gasteiger partial charge in [-0.3, -0.25) is 19.1 Å². The number of carbonyl (C=O) groups excluding carboxylic acids is 1. The van der Waals surface area contributed by atoms with Crippen molar-refractivity contribution in [2.45, 2.75) is 23.9 Å². The number of thioether (sulfide) groups is 1. The lowest BCUT2D eigenvalue weighted by Crippen LogP contribution is -2.27. The topological polar surface area (TPSA) is 90.0 Å². The molecule has 3 heterocycles. The Morgan fingerprint density at radius 1 is 1.03 bits per heavy atom.